The standard InChI is InChI=1S/C24H31N7O.ClH/c1-15-12-25-21(26-13-15)16-7-8-18(20(32)9-16)19-14-27-22(29-28-19)31(6)17-10-23(2,3)30-24(4,5)11-17;/h7-9,12-14,17,30,32H,10-11H2,1-6H3;1H. The Bertz CT molecular complexity index is 1080. The largest absolute Gasteiger partial charge is 0.507 e. The molecule has 8 nitrogen and oxygen atoms in total. The summed E-state index contributed by atoms with van der Waals surface area (Å²) in [5.74, 6) is 1.23. The van der Waals surface area contributed by atoms with Gasteiger partial charge in [-0.1, -0.05) is 6.07 Å². The van der Waals surface area contributed by atoms with Gasteiger partial charge >= 0.3 is 0 Å². The average Bonchev–Trinajstić information content (AvgIpc) is 2.72. The van der Waals surface area contributed by atoms with Crippen molar-refractivity contribution in [2.75, 3.05) is 11.9 Å². The lowest BCUT2D eigenvalue weighted by Gasteiger charge is -2.48. The van der Waals surface area contributed by atoms with Gasteiger partial charge < -0.3 is 15.3 Å². The van der Waals surface area contributed by atoms with Crippen LogP contribution in [0, 0.1) is 6.92 Å². The van der Waals surface area contributed by atoms with Crippen LogP contribution in [0.25, 0.3) is 22.6 Å². The fourth-order valence-corrected chi connectivity index (χ4v) is 4.69. The van der Waals surface area contributed by atoms with Crippen molar-refractivity contribution in [3.05, 3.63) is 42.4 Å². The van der Waals surface area contributed by atoms with Gasteiger partial charge in [0.25, 0.3) is 0 Å². The number of aromatic hydroxyl groups is 1. The molecule has 3 heterocycles. The number of benzene rings is 1. The van der Waals surface area contributed by atoms with Gasteiger partial charge in [0.2, 0.25) is 5.95 Å². The van der Waals surface area contributed by atoms with Crippen molar-refractivity contribution in [2.45, 2.75) is 64.6 Å². The predicted octanol–water partition coefficient (Wildman–Crippen LogP) is 4.18. The molecule has 1 aliphatic heterocycles. The number of rotatable bonds is 4. The molecule has 1 aromatic carbocycles. The highest BCUT2D eigenvalue weighted by Crippen LogP contribution is 2.33. The topological polar surface area (TPSA) is 100.0 Å². The van der Waals surface area contributed by atoms with E-state index in [0.29, 0.717) is 29.1 Å². The molecule has 0 aliphatic carbocycles. The summed E-state index contributed by atoms with van der Waals surface area (Å²) in [5.41, 5.74) is 2.87. The zero-order valence-corrected chi connectivity index (χ0v) is 20.8. The van der Waals surface area contributed by atoms with Gasteiger partial charge in [-0.05, 0) is 65.2 Å². The molecule has 0 saturated carbocycles. The molecule has 1 aliphatic rings. The molecule has 0 bridgehead atoms. The highest BCUT2D eigenvalue weighted by Gasteiger charge is 2.39. The molecule has 33 heavy (non-hydrogen) atoms. The number of halogens is 1. The Morgan fingerprint density at radius 2 is 1.61 bits per heavy atom. The summed E-state index contributed by atoms with van der Waals surface area (Å²) in [6.45, 7) is 10.8. The third-order valence-corrected chi connectivity index (χ3v) is 5.89. The van der Waals surface area contributed by atoms with Crippen LogP contribution >= 0.6 is 12.4 Å². The number of nitrogens with one attached hydrogen (secondary N) is 1. The quantitative estimate of drug-likeness (QED) is 0.587. The van der Waals surface area contributed by atoms with Gasteiger partial charge in [0.15, 0.2) is 5.82 Å². The van der Waals surface area contributed by atoms with E-state index < -0.39 is 0 Å². The highest BCUT2D eigenvalue weighted by molar-refractivity contribution is 5.85. The number of phenols is 1. The maximum absolute atomic E-state index is 10.6. The predicted molar refractivity (Wildman–Crippen MR) is 133 cm³/mol. The number of hydrogen-bond acceptors (Lipinski definition) is 8. The summed E-state index contributed by atoms with van der Waals surface area (Å²) in [7, 11) is 2.02. The first-order valence-electron chi connectivity index (χ1n) is 10.9. The van der Waals surface area contributed by atoms with E-state index in [1.165, 1.54) is 0 Å². The van der Waals surface area contributed by atoms with Crippen LogP contribution in [0.3, 0.4) is 0 Å². The van der Waals surface area contributed by atoms with Crippen molar-refractivity contribution >= 4 is 18.4 Å². The second kappa shape index (κ2) is 9.19. The van der Waals surface area contributed by atoms with E-state index in [-0.39, 0.29) is 29.2 Å². The summed E-state index contributed by atoms with van der Waals surface area (Å²) >= 11 is 0. The third kappa shape index (κ3) is 5.57. The molecule has 1 saturated heterocycles. The van der Waals surface area contributed by atoms with Gasteiger partial charge in [-0.25, -0.2) is 15.0 Å². The molecule has 1 fully saturated rings. The monoisotopic (exact) mass is 469 g/mol. The van der Waals surface area contributed by atoms with E-state index in [0.717, 1.165) is 24.0 Å². The Morgan fingerprint density at radius 1 is 0.970 bits per heavy atom. The summed E-state index contributed by atoms with van der Waals surface area (Å²) in [6, 6.07) is 5.60. The molecule has 0 unspecified atom stereocenters. The lowest BCUT2D eigenvalue weighted by Crippen LogP contribution is -2.62. The van der Waals surface area contributed by atoms with Crippen molar-refractivity contribution in [3.8, 4) is 28.4 Å². The van der Waals surface area contributed by atoms with Crippen molar-refractivity contribution < 1.29 is 5.11 Å². The minimum absolute atomic E-state index is 0. The van der Waals surface area contributed by atoms with Crippen molar-refractivity contribution in [3.63, 3.8) is 0 Å². The van der Waals surface area contributed by atoms with Gasteiger partial charge in [0.1, 0.15) is 11.4 Å². The summed E-state index contributed by atoms with van der Waals surface area (Å²) in [4.78, 5) is 15.3. The number of nitrogens with zero attached hydrogens (tertiary/aromatic N) is 6. The number of aromatic nitrogens is 5. The van der Waals surface area contributed by atoms with Gasteiger partial charge in [0, 0.05) is 47.7 Å². The third-order valence-electron chi connectivity index (χ3n) is 5.89. The molecule has 176 valence electrons. The van der Waals surface area contributed by atoms with Crippen molar-refractivity contribution in [1.82, 2.24) is 30.5 Å². The molecule has 0 amide bonds. The van der Waals surface area contributed by atoms with Crippen molar-refractivity contribution in [2.24, 2.45) is 0 Å². The van der Waals surface area contributed by atoms with Gasteiger partial charge in [-0.2, -0.15) is 0 Å². The van der Waals surface area contributed by atoms with Crippen LogP contribution in [-0.2, 0) is 0 Å². The highest BCUT2D eigenvalue weighted by atomic mass is 35.5. The van der Waals surface area contributed by atoms with Gasteiger partial charge in [0.05, 0.1) is 6.20 Å². The molecule has 0 radical (unpaired) electrons. The molecular formula is C24H32ClN7O. The van der Waals surface area contributed by atoms with Crippen LogP contribution in [0.1, 0.15) is 46.1 Å². The lowest BCUT2D eigenvalue weighted by atomic mass is 9.79. The fourth-order valence-electron chi connectivity index (χ4n) is 4.69. The fraction of sp³-hybridized carbons (Fsp3) is 0.458. The van der Waals surface area contributed by atoms with Crippen LogP contribution in [-0.4, -0.2) is 54.4 Å². The van der Waals surface area contributed by atoms with E-state index in [4.69, 9.17) is 0 Å². The Labute approximate surface area is 201 Å². The molecule has 2 aromatic heterocycles. The maximum atomic E-state index is 10.6. The van der Waals surface area contributed by atoms with Gasteiger partial charge in [-0.3, -0.25) is 0 Å². The van der Waals surface area contributed by atoms with E-state index in [1.807, 2.05) is 20.0 Å². The zero-order chi connectivity index (χ0) is 23.1. The smallest absolute Gasteiger partial charge is 0.245 e. The molecule has 9 heteroatoms. The molecule has 3 aromatic rings. The number of anilines is 1. The van der Waals surface area contributed by atoms with Crippen LogP contribution in [0.4, 0.5) is 5.95 Å². The Balaban J connectivity index is 0.00000306. The maximum Gasteiger partial charge on any atom is 0.245 e. The molecule has 0 spiro atoms. The second-order valence-electron chi connectivity index (χ2n) is 10.0. The minimum atomic E-state index is 0. The first kappa shape index (κ1) is 24.8. The van der Waals surface area contributed by atoms with E-state index in [2.05, 4.69) is 63.1 Å². The number of aryl methyl sites for hydroxylation is 1. The Kier molecular flexibility index (Phi) is 6.91. The SMILES string of the molecule is Cc1cnc(-c2ccc(-c3cnc(N(C)C4CC(C)(C)NC(C)(C)C4)nn3)c(O)c2)nc1.Cl. The summed E-state index contributed by atoms with van der Waals surface area (Å²) in [5, 5.41) is 23.0. The van der Waals surface area contributed by atoms with E-state index in [1.54, 1.807) is 30.7 Å². The minimum Gasteiger partial charge on any atom is -0.507 e. The van der Waals surface area contributed by atoms with Crippen LogP contribution < -0.4 is 10.2 Å². The average molecular weight is 470 g/mol. The normalized spacial score (nSPS) is 17.3. The van der Waals surface area contributed by atoms with E-state index >= 15 is 0 Å². The number of phenolic OH excluding ortho intramolecular Hbond substituents is 1. The Hall–Kier alpha value is -2.84. The zero-order valence-electron chi connectivity index (χ0n) is 20.0. The molecule has 2 N–H and O–H groups in total. The molecular weight excluding hydrogens is 438 g/mol. The summed E-state index contributed by atoms with van der Waals surface area (Å²) < 4.78 is 0. The summed E-state index contributed by atoms with van der Waals surface area (Å²) in [6.07, 6.45) is 7.14. The van der Waals surface area contributed by atoms with Crippen LogP contribution in [0.5, 0.6) is 5.75 Å². The first-order valence-corrected chi connectivity index (χ1v) is 10.9. The van der Waals surface area contributed by atoms with E-state index in [9.17, 15) is 5.11 Å². The Morgan fingerprint density at radius 3 is 2.15 bits per heavy atom. The second-order valence-corrected chi connectivity index (χ2v) is 10.0. The van der Waals surface area contributed by atoms with Crippen LogP contribution in [0.15, 0.2) is 36.8 Å². The van der Waals surface area contributed by atoms with Gasteiger partial charge in [-0.15, -0.1) is 22.6 Å². The van der Waals surface area contributed by atoms with Crippen LogP contribution in [0.2, 0.25) is 0 Å². The molecule has 0 atom stereocenters. The van der Waals surface area contributed by atoms with Crippen molar-refractivity contribution in [1.29, 1.82) is 0 Å². The first-order chi connectivity index (χ1) is 15.0. The number of hydrogen-bond donors (Lipinski definition) is 2. The molecule has 4 rings (SSSR count). The lowest BCUT2D eigenvalue weighted by molar-refractivity contribution is 0.160. The number of piperidine rings is 1.